The molecule has 1 aromatic carbocycles. The molecule has 5 nitrogen and oxygen atoms in total. The summed E-state index contributed by atoms with van der Waals surface area (Å²) in [5.74, 6) is 1.93. The molecule has 2 aromatic rings. The van der Waals surface area contributed by atoms with Crippen LogP contribution in [0.4, 0.5) is 0 Å². The second-order valence-electron chi connectivity index (χ2n) is 11.3. The zero-order valence-corrected chi connectivity index (χ0v) is 21.0. The summed E-state index contributed by atoms with van der Waals surface area (Å²) in [4.78, 5) is 19.4. The van der Waals surface area contributed by atoms with Crippen molar-refractivity contribution < 1.29 is 14.3 Å². The number of carbonyl (C=O) groups is 1. The molecule has 1 fully saturated rings. The van der Waals surface area contributed by atoms with E-state index in [0.717, 1.165) is 41.7 Å². The molecule has 0 spiro atoms. The van der Waals surface area contributed by atoms with Crippen LogP contribution in [0.1, 0.15) is 37.7 Å². The predicted octanol–water partition coefficient (Wildman–Crippen LogP) is 5.05. The second kappa shape index (κ2) is 8.42. The monoisotopic (exact) mass is 470 g/mol. The lowest BCUT2D eigenvalue weighted by molar-refractivity contribution is -0.117. The Balaban J connectivity index is 1.36. The lowest BCUT2D eigenvalue weighted by Crippen LogP contribution is -2.41. The summed E-state index contributed by atoms with van der Waals surface area (Å²) < 4.78 is 12.9. The largest absolute Gasteiger partial charge is 0.489 e. The van der Waals surface area contributed by atoms with E-state index in [1.807, 2.05) is 19.5 Å². The number of Topliss-reactive ketones (excluding diaryl/α,β-unsaturated/α-hetero) is 1. The van der Waals surface area contributed by atoms with E-state index in [0.29, 0.717) is 12.3 Å². The minimum Gasteiger partial charge on any atom is -0.489 e. The van der Waals surface area contributed by atoms with Crippen LogP contribution in [-0.2, 0) is 14.3 Å². The van der Waals surface area contributed by atoms with Crippen molar-refractivity contribution in [3.63, 3.8) is 0 Å². The molecule has 2 heterocycles. The molecule has 1 aliphatic heterocycles. The van der Waals surface area contributed by atoms with Gasteiger partial charge in [0.15, 0.2) is 5.78 Å². The van der Waals surface area contributed by atoms with E-state index in [4.69, 9.17) is 9.47 Å². The van der Waals surface area contributed by atoms with Gasteiger partial charge in [-0.05, 0) is 55.1 Å². The fourth-order valence-electron chi connectivity index (χ4n) is 7.14. The molecule has 3 aliphatic carbocycles. The molecule has 182 valence electrons. The number of nitrogens with zero attached hydrogens (tertiary/aromatic N) is 2. The number of benzene rings is 1. The van der Waals surface area contributed by atoms with Gasteiger partial charge >= 0.3 is 0 Å². The smallest absolute Gasteiger partial charge is 0.166 e. The van der Waals surface area contributed by atoms with Crippen LogP contribution in [0.5, 0.6) is 0 Å². The van der Waals surface area contributed by atoms with Crippen LogP contribution < -0.4 is 0 Å². The maximum atomic E-state index is 13.0. The molecule has 0 bridgehead atoms. The van der Waals surface area contributed by atoms with Crippen LogP contribution in [0.25, 0.3) is 10.8 Å². The minimum atomic E-state index is -0.108. The first-order chi connectivity index (χ1) is 16.9. The minimum absolute atomic E-state index is 0.0398. The molecular formula is C30H34N2O3. The van der Waals surface area contributed by atoms with Crippen LogP contribution in [0.2, 0.25) is 0 Å². The van der Waals surface area contributed by atoms with E-state index in [2.05, 4.69) is 73.4 Å². The number of hydrogen-bond donors (Lipinski definition) is 0. The van der Waals surface area contributed by atoms with Crippen LogP contribution in [0.3, 0.4) is 0 Å². The zero-order chi connectivity index (χ0) is 24.3. The highest BCUT2D eigenvalue weighted by atomic mass is 16.5. The van der Waals surface area contributed by atoms with Gasteiger partial charge in [0.2, 0.25) is 0 Å². The fraction of sp³-hybridized carbons (Fsp3) is 0.467. The predicted molar refractivity (Wildman–Crippen MR) is 137 cm³/mol. The average molecular weight is 471 g/mol. The van der Waals surface area contributed by atoms with Gasteiger partial charge in [-0.25, -0.2) is 0 Å². The molecular weight excluding hydrogens is 436 g/mol. The molecule has 35 heavy (non-hydrogen) atoms. The number of allylic oxidation sites excluding steroid dienone is 4. The Bertz CT molecular complexity index is 1280. The third-order valence-electron chi connectivity index (χ3n) is 8.73. The summed E-state index contributed by atoms with van der Waals surface area (Å²) in [5, 5.41) is 2.36. The quantitative estimate of drug-likeness (QED) is 0.626. The molecule has 0 amide bonds. The van der Waals surface area contributed by atoms with Crippen molar-refractivity contribution in [2.24, 2.45) is 17.3 Å². The number of rotatable bonds is 4. The highest BCUT2D eigenvalue weighted by Gasteiger charge is 2.57. The number of fused-ring (bicyclic) bond motifs is 4. The Morgan fingerprint density at radius 2 is 2.06 bits per heavy atom. The van der Waals surface area contributed by atoms with Gasteiger partial charge in [-0.1, -0.05) is 37.3 Å². The van der Waals surface area contributed by atoms with Crippen molar-refractivity contribution >= 4 is 16.6 Å². The van der Waals surface area contributed by atoms with E-state index >= 15 is 0 Å². The van der Waals surface area contributed by atoms with Crippen molar-refractivity contribution in [2.45, 2.75) is 44.3 Å². The molecule has 6 atom stereocenters. The SMILES string of the molecule is CO[C@@H]1C[C@H]2[C@@H]3OC4=C(C=C3C=C[C@]2(C)[C@H]1c1ccc2cnccc2c1)C(=O)CC(CN(C)C)C4. The standard InChI is InChI=1S/C30H34N2O3/c1-30-9-7-21-14-23-25(33)11-18(17-32(2)3)12-26(23)35-29(21)24(30)15-27(34-4)28(30)20-5-6-22-16-31-10-8-19(22)13-20/h5-10,13-14,16,18,24,27-29H,11-12,15,17H2,1-4H3/t18?,24-,27+,28-,29+,30-/m0/s1. The highest BCUT2D eigenvalue weighted by molar-refractivity contribution is 6.00. The lowest BCUT2D eigenvalue weighted by atomic mass is 9.64. The highest BCUT2D eigenvalue weighted by Crippen LogP contribution is 2.60. The molecule has 4 aliphatic rings. The van der Waals surface area contributed by atoms with Crippen molar-refractivity contribution in [3.05, 3.63) is 77.4 Å². The number of hydrogen-bond acceptors (Lipinski definition) is 5. The maximum Gasteiger partial charge on any atom is 0.166 e. The van der Waals surface area contributed by atoms with Gasteiger partial charge in [0, 0.05) is 61.5 Å². The number of carbonyl (C=O) groups excluding carboxylic acids is 1. The summed E-state index contributed by atoms with van der Waals surface area (Å²) in [6.07, 6.45) is 12.9. The number of methoxy groups -OCH3 is 1. The van der Waals surface area contributed by atoms with Gasteiger partial charge in [0.25, 0.3) is 0 Å². The topological polar surface area (TPSA) is 51.7 Å². The number of ether oxygens (including phenoxy) is 2. The number of pyridine rings is 1. The van der Waals surface area contributed by atoms with E-state index in [9.17, 15) is 4.79 Å². The normalized spacial score (nSPS) is 33.9. The Kier molecular flexibility index (Phi) is 5.46. The summed E-state index contributed by atoms with van der Waals surface area (Å²) in [7, 11) is 5.97. The Morgan fingerprint density at radius 3 is 2.86 bits per heavy atom. The molecule has 5 heteroatoms. The molecule has 0 saturated heterocycles. The molecule has 1 unspecified atom stereocenters. The van der Waals surface area contributed by atoms with Gasteiger partial charge in [-0.2, -0.15) is 0 Å². The van der Waals surface area contributed by atoms with Crippen LogP contribution in [0.15, 0.2) is 71.8 Å². The molecule has 0 radical (unpaired) electrons. The van der Waals surface area contributed by atoms with Crippen LogP contribution >= 0.6 is 0 Å². The van der Waals surface area contributed by atoms with Crippen LogP contribution in [0, 0.1) is 17.3 Å². The fourth-order valence-corrected chi connectivity index (χ4v) is 7.14. The third-order valence-corrected chi connectivity index (χ3v) is 8.73. The van der Waals surface area contributed by atoms with Crippen molar-refractivity contribution in [2.75, 3.05) is 27.7 Å². The van der Waals surface area contributed by atoms with Gasteiger partial charge in [-0.3, -0.25) is 9.78 Å². The Morgan fingerprint density at radius 1 is 1.20 bits per heavy atom. The first-order valence-corrected chi connectivity index (χ1v) is 12.7. The Hall–Kier alpha value is -2.76. The zero-order valence-electron chi connectivity index (χ0n) is 21.0. The third kappa shape index (κ3) is 3.68. The number of ketones is 1. The Labute approximate surface area is 207 Å². The lowest BCUT2D eigenvalue weighted by Gasteiger charge is -2.45. The van der Waals surface area contributed by atoms with Crippen LogP contribution in [-0.4, -0.2) is 55.6 Å². The van der Waals surface area contributed by atoms with Gasteiger partial charge in [-0.15, -0.1) is 0 Å². The molecule has 6 rings (SSSR count). The van der Waals surface area contributed by atoms with Crippen molar-refractivity contribution in [1.82, 2.24) is 9.88 Å². The average Bonchev–Trinajstić information content (AvgIpc) is 3.15. The maximum absolute atomic E-state index is 13.0. The van der Waals surface area contributed by atoms with E-state index in [-0.39, 0.29) is 35.2 Å². The van der Waals surface area contributed by atoms with Crippen molar-refractivity contribution in [1.29, 1.82) is 0 Å². The molecule has 1 aromatic heterocycles. The second-order valence-corrected chi connectivity index (χ2v) is 11.3. The van der Waals surface area contributed by atoms with E-state index in [1.54, 1.807) is 0 Å². The van der Waals surface area contributed by atoms with E-state index < -0.39 is 0 Å². The van der Waals surface area contributed by atoms with Gasteiger partial charge in [0.1, 0.15) is 11.9 Å². The van der Waals surface area contributed by atoms with Gasteiger partial charge < -0.3 is 14.4 Å². The first kappa shape index (κ1) is 22.7. The molecule has 0 N–H and O–H groups in total. The summed E-state index contributed by atoms with van der Waals surface area (Å²) in [6, 6.07) is 8.79. The summed E-state index contributed by atoms with van der Waals surface area (Å²) in [5.41, 5.74) is 3.11. The van der Waals surface area contributed by atoms with Crippen molar-refractivity contribution in [3.8, 4) is 0 Å². The summed E-state index contributed by atoms with van der Waals surface area (Å²) >= 11 is 0. The summed E-state index contributed by atoms with van der Waals surface area (Å²) in [6.45, 7) is 3.26. The first-order valence-electron chi connectivity index (χ1n) is 12.7. The van der Waals surface area contributed by atoms with Gasteiger partial charge in [0.05, 0.1) is 11.7 Å². The number of aromatic nitrogens is 1. The molecule has 1 saturated carbocycles. The van der Waals surface area contributed by atoms with E-state index in [1.165, 1.54) is 10.9 Å².